The number of hydrogen-bond donors (Lipinski definition) is 1. The van der Waals surface area contributed by atoms with Gasteiger partial charge in [0.05, 0.1) is 17.8 Å². The number of ether oxygens (including phenoxy) is 1. The van der Waals surface area contributed by atoms with Gasteiger partial charge in [-0.05, 0) is 30.7 Å². The number of rotatable bonds is 7. The quantitative estimate of drug-likeness (QED) is 0.430. The van der Waals surface area contributed by atoms with Crippen molar-refractivity contribution >= 4 is 35.3 Å². The van der Waals surface area contributed by atoms with Crippen LogP contribution >= 0.6 is 23.2 Å². The first-order valence-corrected chi connectivity index (χ1v) is 8.06. The number of nitrogens with zero attached hydrogens (tertiary/aromatic N) is 1. The molecule has 0 heterocycles. The third-order valence-electron chi connectivity index (χ3n) is 3.07. The smallest absolute Gasteiger partial charge is 0.240 e. The number of carbonyl (C=O) groups is 1. The fourth-order valence-corrected chi connectivity index (χ4v) is 2.32. The fourth-order valence-electron chi connectivity index (χ4n) is 1.86. The van der Waals surface area contributed by atoms with Crippen LogP contribution in [0.5, 0.6) is 5.75 Å². The van der Waals surface area contributed by atoms with Gasteiger partial charge in [0.1, 0.15) is 5.75 Å². The Morgan fingerprint density at radius 3 is 2.80 bits per heavy atom. The molecule has 25 heavy (non-hydrogen) atoms. The van der Waals surface area contributed by atoms with Crippen LogP contribution in [0, 0.1) is 11.6 Å². The molecule has 0 unspecified atom stereocenters. The predicted octanol–water partition coefficient (Wildman–Crippen LogP) is 4.58. The van der Waals surface area contributed by atoms with E-state index in [9.17, 15) is 13.6 Å². The maximum atomic E-state index is 13.4. The van der Waals surface area contributed by atoms with Crippen LogP contribution < -0.4 is 10.2 Å². The minimum Gasteiger partial charge on any atom is -0.492 e. The van der Waals surface area contributed by atoms with Crippen molar-refractivity contribution in [1.29, 1.82) is 0 Å². The molecular weight excluding hydrogens is 373 g/mol. The van der Waals surface area contributed by atoms with Gasteiger partial charge >= 0.3 is 0 Å². The summed E-state index contributed by atoms with van der Waals surface area (Å²) in [6.07, 6.45) is 1.61. The molecule has 0 fully saturated rings. The molecule has 0 aliphatic heterocycles. The summed E-state index contributed by atoms with van der Waals surface area (Å²) in [6, 6.07) is 8.54. The molecule has 4 nitrogen and oxygen atoms in total. The Labute approximate surface area is 153 Å². The van der Waals surface area contributed by atoms with Crippen molar-refractivity contribution in [3.63, 3.8) is 0 Å². The summed E-state index contributed by atoms with van der Waals surface area (Å²) in [6.45, 7) is 0.275. The molecule has 0 radical (unpaired) electrons. The maximum Gasteiger partial charge on any atom is 0.240 e. The van der Waals surface area contributed by atoms with Crippen LogP contribution in [0.3, 0.4) is 0 Å². The number of carbonyl (C=O) groups excluding carboxylic acids is 1. The second kappa shape index (κ2) is 9.34. The van der Waals surface area contributed by atoms with Crippen LogP contribution in [0.15, 0.2) is 41.5 Å². The number of hydrogen-bond acceptors (Lipinski definition) is 3. The minimum atomic E-state index is -1.02. The molecule has 2 aromatic rings. The van der Waals surface area contributed by atoms with Crippen molar-refractivity contribution in [3.8, 4) is 5.75 Å². The van der Waals surface area contributed by atoms with E-state index < -0.39 is 11.6 Å². The van der Waals surface area contributed by atoms with E-state index in [1.165, 1.54) is 12.1 Å². The monoisotopic (exact) mass is 386 g/mol. The predicted molar refractivity (Wildman–Crippen MR) is 93.3 cm³/mol. The Morgan fingerprint density at radius 1 is 1.24 bits per heavy atom. The van der Waals surface area contributed by atoms with Gasteiger partial charge in [0.25, 0.3) is 0 Å². The average molecular weight is 387 g/mol. The normalized spacial score (nSPS) is 10.9. The lowest BCUT2D eigenvalue weighted by molar-refractivity contribution is -0.121. The molecule has 0 spiro atoms. The first-order chi connectivity index (χ1) is 12.0. The molecule has 0 aliphatic carbocycles. The third kappa shape index (κ3) is 5.99. The van der Waals surface area contributed by atoms with Gasteiger partial charge in [-0.15, -0.1) is 0 Å². The zero-order valence-corrected chi connectivity index (χ0v) is 14.5. The van der Waals surface area contributed by atoms with E-state index >= 15 is 0 Å². The lowest BCUT2D eigenvalue weighted by atomic mass is 10.2. The summed E-state index contributed by atoms with van der Waals surface area (Å²) in [5.74, 6) is -1.90. The van der Waals surface area contributed by atoms with Crippen molar-refractivity contribution < 1.29 is 18.3 Å². The molecule has 0 bridgehead atoms. The summed E-state index contributed by atoms with van der Waals surface area (Å²) in [4.78, 5) is 11.6. The number of halogens is 4. The van der Waals surface area contributed by atoms with E-state index in [2.05, 4.69) is 10.5 Å². The molecular formula is C17H14Cl2F2N2O2. The van der Waals surface area contributed by atoms with Crippen LogP contribution in [0.25, 0.3) is 0 Å². The van der Waals surface area contributed by atoms with E-state index in [1.807, 2.05) is 0 Å². The molecule has 0 aromatic heterocycles. The second-order valence-corrected chi connectivity index (χ2v) is 5.81. The minimum absolute atomic E-state index is 0.0546. The molecule has 1 N–H and O–H groups in total. The molecule has 132 valence electrons. The molecule has 2 rings (SSSR count). The zero-order valence-electron chi connectivity index (χ0n) is 12.9. The van der Waals surface area contributed by atoms with E-state index in [4.69, 9.17) is 27.9 Å². The van der Waals surface area contributed by atoms with Crippen LogP contribution in [0.2, 0.25) is 10.0 Å². The number of hydrazone groups is 1. The van der Waals surface area contributed by atoms with Gasteiger partial charge in [-0.2, -0.15) is 5.10 Å². The molecule has 0 atom stereocenters. The molecule has 1 amide bonds. The standard InChI is InChI=1S/C17H14Cl2F2N2O2/c18-12-6-7-15(13(19)9-12)25-8-2-5-16(24)23-22-10-11-3-1-4-14(20)17(11)21/h1,3-4,6-7,9-10H,2,5,8H2,(H,23,24)/b22-10+. The molecule has 8 heteroatoms. The van der Waals surface area contributed by atoms with Crippen molar-refractivity contribution in [3.05, 3.63) is 63.6 Å². The van der Waals surface area contributed by atoms with Gasteiger partial charge in [-0.3, -0.25) is 4.79 Å². The Hall–Kier alpha value is -2.18. The maximum absolute atomic E-state index is 13.4. The highest BCUT2D eigenvalue weighted by Gasteiger charge is 2.06. The first kappa shape index (κ1) is 19.1. The summed E-state index contributed by atoms with van der Waals surface area (Å²) in [5.41, 5.74) is 2.18. The molecule has 2 aromatic carbocycles. The van der Waals surface area contributed by atoms with Crippen LogP contribution in [-0.2, 0) is 4.79 Å². The van der Waals surface area contributed by atoms with E-state index in [1.54, 1.807) is 18.2 Å². The lowest BCUT2D eigenvalue weighted by Crippen LogP contribution is -2.18. The van der Waals surface area contributed by atoms with Crippen LogP contribution in [0.1, 0.15) is 18.4 Å². The first-order valence-electron chi connectivity index (χ1n) is 7.31. The van der Waals surface area contributed by atoms with Crippen LogP contribution in [-0.4, -0.2) is 18.7 Å². The van der Waals surface area contributed by atoms with Crippen molar-refractivity contribution in [2.24, 2.45) is 5.10 Å². The molecule has 0 saturated heterocycles. The van der Waals surface area contributed by atoms with Crippen LogP contribution in [0.4, 0.5) is 8.78 Å². The Bertz CT molecular complexity index is 785. The topological polar surface area (TPSA) is 50.7 Å². The summed E-state index contributed by atoms with van der Waals surface area (Å²) in [5, 5.41) is 4.49. The van der Waals surface area contributed by atoms with Crippen molar-refractivity contribution in [1.82, 2.24) is 5.43 Å². The SMILES string of the molecule is O=C(CCCOc1ccc(Cl)cc1Cl)N/N=C/c1cccc(F)c1F. The number of amides is 1. The van der Waals surface area contributed by atoms with Crippen molar-refractivity contribution in [2.75, 3.05) is 6.61 Å². The van der Waals surface area contributed by atoms with Gasteiger partial charge in [0, 0.05) is 17.0 Å². The number of benzene rings is 2. The van der Waals surface area contributed by atoms with Gasteiger partial charge in [0.15, 0.2) is 11.6 Å². The zero-order chi connectivity index (χ0) is 18.2. The van der Waals surface area contributed by atoms with Gasteiger partial charge in [0.2, 0.25) is 5.91 Å². The van der Waals surface area contributed by atoms with Gasteiger partial charge < -0.3 is 4.74 Å². The van der Waals surface area contributed by atoms with Gasteiger partial charge in [-0.1, -0.05) is 35.3 Å². The summed E-state index contributed by atoms with van der Waals surface area (Å²) < 4.78 is 31.8. The highest BCUT2D eigenvalue weighted by Crippen LogP contribution is 2.27. The fraction of sp³-hybridized carbons (Fsp3) is 0.176. The summed E-state index contributed by atoms with van der Waals surface area (Å²) in [7, 11) is 0. The van der Waals surface area contributed by atoms with E-state index in [0.29, 0.717) is 22.2 Å². The largest absolute Gasteiger partial charge is 0.492 e. The Kier molecular flexibility index (Phi) is 7.16. The van der Waals surface area contributed by atoms with Gasteiger partial charge in [-0.25, -0.2) is 14.2 Å². The lowest BCUT2D eigenvalue weighted by Gasteiger charge is -2.07. The van der Waals surface area contributed by atoms with Crippen molar-refractivity contribution in [2.45, 2.75) is 12.8 Å². The highest BCUT2D eigenvalue weighted by atomic mass is 35.5. The number of nitrogens with one attached hydrogen (secondary N) is 1. The summed E-state index contributed by atoms with van der Waals surface area (Å²) >= 11 is 11.7. The second-order valence-electron chi connectivity index (χ2n) is 4.96. The Balaban J connectivity index is 1.72. The molecule has 0 aliphatic rings. The average Bonchev–Trinajstić information content (AvgIpc) is 2.57. The van der Waals surface area contributed by atoms with E-state index in [0.717, 1.165) is 12.3 Å². The van der Waals surface area contributed by atoms with E-state index in [-0.39, 0.29) is 24.5 Å². The molecule has 0 saturated carbocycles. The highest BCUT2D eigenvalue weighted by molar-refractivity contribution is 6.35. The Morgan fingerprint density at radius 2 is 2.04 bits per heavy atom. The third-order valence-corrected chi connectivity index (χ3v) is 3.60.